The Kier molecular flexibility index (Phi) is 6.37. The molecule has 0 radical (unpaired) electrons. The van der Waals surface area contributed by atoms with Gasteiger partial charge in [-0.15, -0.1) is 0 Å². The quantitative estimate of drug-likeness (QED) is 0.617. The van der Waals surface area contributed by atoms with Crippen LogP contribution in [0.2, 0.25) is 0 Å². The predicted octanol–water partition coefficient (Wildman–Crippen LogP) is 2.37. The van der Waals surface area contributed by atoms with Gasteiger partial charge in [-0.2, -0.15) is 10.4 Å². The topological polar surface area (TPSA) is 92.9 Å². The minimum atomic E-state index is -0.380. The van der Waals surface area contributed by atoms with Gasteiger partial charge in [0, 0.05) is 0 Å². The molecule has 2 aromatic rings. The third kappa shape index (κ3) is 4.72. The van der Waals surface area contributed by atoms with Crippen molar-refractivity contribution in [3.05, 3.63) is 53.6 Å². The fourth-order valence-electron chi connectivity index (χ4n) is 2.05. The number of methoxy groups -OCH3 is 2. The van der Waals surface area contributed by atoms with Crippen LogP contribution in [-0.4, -0.2) is 32.9 Å². The second-order valence-electron chi connectivity index (χ2n) is 4.76. The molecular weight excluding hydrogens is 322 g/mol. The molecule has 25 heavy (non-hydrogen) atoms. The number of carbonyl (C=O) groups excluding carboxylic acids is 1. The molecule has 0 heterocycles. The van der Waals surface area contributed by atoms with E-state index in [0.717, 1.165) is 0 Å². The molecule has 0 aliphatic heterocycles. The second kappa shape index (κ2) is 8.93. The van der Waals surface area contributed by atoms with Gasteiger partial charge in [-0.25, -0.2) is 5.43 Å². The smallest absolute Gasteiger partial charge is 0.275 e. The molecular formula is C18H17N3O4. The highest BCUT2D eigenvalue weighted by Crippen LogP contribution is 2.27. The Labute approximate surface area is 145 Å². The average molecular weight is 339 g/mol. The third-order valence-corrected chi connectivity index (χ3v) is 3.21. The lowest BCUT2D eigenvalue weighted by molar-refractivity contribution is 0.0952. The summed E-state index contributed by atoms with van der Waals surface area (Å²) in [7, 11) is 3.00. The number of nitriles is 1. The summed E-state index contributed by atoms with van der Waals surface area (Å²) in [6, 6.07) is 13.8. The first-order chi connectivity index (χ1) is 12.2. The van der Waals surface area contributed by atoms with E-state index in [1.165, 1.54) is 20.4 Å². The number of para-hydroxylation sites is 1. The van der Waals surface area contributed by atoms with Crippen molar-refractivity contribution in [3.8, 4) is 23.3 Å². The lowest BCUT2D eigenvalue weighted by Crippen LogP contribution is -2.18. The van der Waals surface area contributed by atoms with E-state index >= 15 is 0 Å². The molecule has 2 rings (SSSR count). The highest BCUT2D eigenvalue weighted by atomic mass is 16.5. The summed E-state index contributed by atoms with van der Waals surface area (Å²) in [6.07, 6.45) is 1.48. The number of hydrogen-bond acceptors (Lipinski definition) is 6. The summed E-state index contributed by atoms with van der Waals surface area (Å²) in [5.41, 5.74) is 3.53. The number of ether oxygens (including phenoxy) is 3. The molecule has 7 nitrogen and oxygen atoms in total. The number of nitrogens with zero attached hydrogens (tertiary/aromatic N) is 2. The number of hydrogen-bond donors (Lipinski definition) is 1. The Morgan fingerprint density at radius 3 is 2.64 bits per heavy atom. The molecule has 0 saturated carbocycles. The molecule has 1 N–H and O–H groups in total. The van der Waals surface area contributed by atoms with Crippen molar-refractivity contribution in [1.29, 1.82) is 5.26 Å². The maximum atomic E-state index is 12.1. The Balaban J connectivity index is 2.06. The molecule has 0 aromatic heterocycles. The summed E-state index contributed by atoms with van der Waals surface area (Å²) >= 11 is 0. The normalized spacial score (nSPS) is 10.1. The van der Waals surface area contributed by atoms with Gasteiger partial charge in [0.2, 0.25) is 0 Å². The van der Waals surface area contributed by atoms with Crippen molar-refractivity contribution in [1.82, 2.24) is 5.43 Å². The SMILES string of the molecule is COc1cc(C=NNC(=O)c2ccccc2OC)ccc1OCC#N. The largest absolute Gasteiger partial charge is 0.496 e. The van der Waals surface area contributed by atoms with E-state index < -0.39 is 0 Å². The third-order valence-electron chi connectivity index (χ3n) is 3.21. The first-order valence-electron chi connectivity index (χ1n) is 7.33. The standard InChI is InChI=1S/C18H17N3O4/c1-23-15-6-4-3-5-14(15)18(22)21-20-12-13-7-8-16(25-10-9-19)17(11-13)24-2/h3-8,11-12H,10H2,1-2H3,(H,21,22). The number of amides is 1. The zero-order chi connectivity index (χ0) is 18.1. The Hall–Kier alpha value is -3.53. The van der Waals surface area contributed by atoms with E-state index in [0.29, 0.717) is 28.4 Å². The number of rotatable bonds is 7. The first-order valence-corrected chi connectivity index (χ1v) is 7.33. The maximum Gasteiger partial charge on any atom is 0.275 e. The van der Waals surface area contributed by atoms with E-state index in [1.807, 2.05) is 6.07 Å². The average Bonchev–Trinajstić information content (AvgIpc) is 2.66. The van der Waals surface area contributed by atoms with Gasteiger partial charge in [0.25, 0.3) is 5.91 Å². The van der Waals surface area contributed by atoms with E-state index in [9.17, 15) is 4.79 Å². The van der Waals surface area contributed by atoms with E-state index in [1.54, 1.807) is 42.5 Å². The molecule has 0 fully saturated rings. The zero-order valence-corrected chi connectivity index (χ0v) is 13.9. The van der Waals surface area contributed by atoms with Crippen molar-refractivity contribution in [2.75, 3.05) is 20.8 Å². The summed E-state index contributed by atoms with van der Waals surface area (Å²) < 4.78 is 15.6. The number of benzene rings is 2. The molecule has 0 atom stereocenters. The van der Waals surface area contributed by atoms with Crippen molar-refractivity contribution in [2.24, 2.45) is 5.10 Å². The second-order valence-corrected chi connectivity index (χ2v) is 4.76. The van der Waals surface area contributed by atoms with Crippen LogP contribution in [0.1, 0.15) is 15.9 Å². The van der Waals surface area contributed by atoms with Crippen molar-refractivity contribution in [2.45, 2.75) is 0 Å². The van der Waals surface area contributed by atoms with Crippen LogP contribution in [0.3, 0.4) is 0 Å². The van der Waals surface area contributed by atoms with Crippen LogP contribution < -0.4 is 19.6 Å². The highest BCUT2D eigenvalue weighted by Gasteiger charge is 2.10. The molecule has 128 valence electrons. The van der Waals surface area contributed by atoms with E-state index in [-0.39, 0.29) is 12.5 Å². The summed E-state index contributed by atoms with van der Waals surface area (Å²) in [6.45, 7) is -0.0707. The number of nitrogens with one attached hydrogen (secondary N) is 1. The van der Waals surface area contributed by atoms with Crippen LogP contribution >= 0.6 is 0 Å². The summed E-state index contributed by atoms with van der Waals surface area (Å²) in [4.78, 5) is 12.1. The van der Waals surface area contributed by atoms with Gasteiger partial charge in [-0.05, 0) is 35.9 Å². The van der Waals surface area contributed by atoms with Crippen molar-refractivity contribution < 1.29 is 19.0 Å². The van der Waals surface area contributed by atoms with Crippen molar-refractivity contribution in [3.63, 3.8) is 0 Å². The van der Waals surface area contributed by atoms with Crippen LogP contribution in [0.15, 0.2) is 47.6 Å². The van der Waals surface area contributed by atoms with Gasteiger partial charge >= 0.3 is 0 Å². The monoisotopic (exact) mass is 339 g/mol. The highest BCUT2D eigenvalue weighted by molar-refractivity contribution is 5.97. The van der Waals surface area contributed by atoms with E-state index in [2.05, 4.69) is 10.5 Å². The summed E-state index contributed by atoms with van der Waals surface area (Å²) in [5, 5.41) is 12.5. The molecule has 7 heteroatoms. The minimum absolute atomic E-state index is 0.0707. The molecule has 0 unspecified atom stereocenters. The molecule has 0 aliphatic rings. The van der Waals surface area contributed by atoms with Gasteiger partial charge in [-0.1, -0.05) is 12.1 Å². The lowest BCUT2D eigenvalue weighted by atomic mass is 10.2. The Bertz CT molecular complexity index is 812. The molecule has 0 bridgehead atoms. The zero-order valence-electron chi connectivity index (χ0n) is 13.9. The minimum Gasteiger partial charge on any atom is -0.496 e. The van der Waals surface area contributed by atoms with Crippen LogP contribution in [-0.2, 0) is 0 Å². The van der Waals surface area contributed by atoms with Crippen LogP contribution in [0.25, 0.3) is 0 Å². The molecule has 1 amide bonds. The van der Waals surface area contributed by atoms with Gasteiger partial charge in [0.15, 0.2) is 18.1 Å². The first kappa shape index (κ1) is 17.8. The maximum absolute atomic E-state index is 12.1. The van der Waals surface area contributed by atoms with Crippen molar-refractivity contribution >= 4 is 12.1 Å². The van der Waals surface area contributed by atoms with Crippen LogP contribution in [0.4, 0.5) is 0 Å². The Morgan fingerprint density at radius 2 is 1.92 bits per heavy atom. The lowest BCUT2D eigenvalue weighted by Gasteiger charge is -2.08. The van der Waals surface area contributed by atoms with Crippen LogP contribution in [0.5, 0.6) is 17.2 Å². The molecule has 0 saturated heterocycles. The van der Waals surface area contributed by atoms with E-state index in [4.69, 9.17) is 19.5 Å². The van der Waals surface area contributed by atoms with Crippen LogP contribution in [0, 0.1) is 11.3 Å². The Morgan fingerprint density at radius 1 is 1.16 bits per heavy atom. The fourth-order valence-corrected chi connectivity index (χ4v) is 2.05. The molecule has 2 aromatic carbocycles. The van der Waals surface area contributed by atoms with Gasteiger partial charge in [0.1, 0.15) is 11.8 Å². The van der Waals surface area contributed by atoms with Gasteiger partial charge < -0.3 is 14.2 Å². The van der Waals surface area contributed by atoms with Gasteiger partial charge in [-0.3, -0.25) is 4.79 Å². The summed E-state index contributed by atoms with van der Waals surface area (Å²) in [5.74, 6) is 1.01. The number of hydrazone groups is 1. The molecule has 0 spiro atoms. The van der Waals surface area contributed by atoms with Gasteiger partial charge in [0.05, 0.1) is 26.0 Å². The predicted molar refractivity (Wildman–Crippen MR) is 92.2 cm³/mol. The number of carbonyl (C=O) groups is 1. The molecule has 0 aliphatic carbocycles. The fraction of sp³-hybridized carbons (Fsp3) is 0.167.